The standard InChI is InChI=1S/C13H9N3O3/c1-9-11(16(17)18)5-3-6-12(9)19-13-7-2-4-10(8-14)15-13/h2-7H,1H3. The van der Waals surface area contributed by atoms with Crippen molar-refractivity contribution < 1.29 is 9.66 Å². The van der Waals surface area contributed by atoms with Crippen LogP contribution in [-0.4, -0.2) is 9.91 Å². The van der Waals surface area contributed by atoms with Crippen LogP contribution in [0.25, 0.3) is 0 Å². The molecular weight excluding hydrogens is 246 g/mol. The van der Waals surface area contributed by atoms with Crippen molar-refractivity contribution in [3.05, 3.63) is 57.8 Å². The largest absolute Gasteiger partial charge is 0.438 e. The molecule has 0 saturated heterocycles. The van der Waals surface area contributed by atoms with Crippen LogP contribution in [0.15, 0.2) is 36.4 Å². The topological polar surface area (TPSA) is 89.0 Å². The van der Waals surface area contributed by atoms with Crippen LogP contribution in [0.3, 0.4) is 0 Å². The van der Waals surface area contributed by atoms with E-state index in [2.05, 4.69) is 4.98 Å². The summed E-state index contributed by atoms with van der Waals surface area (Å²) in [7, 11) is 0. The minimum atomic E-state index is -0.471. The highest BCUT2D eigenvalue weighted by molar-refractivity contribution is 5.49. The molecule has 19 heavy (non-hydrogen) atoms. The van der Waals surface area contributed by atoms with Crippen molar-refractivity contribution in [1.29, 1.82) is 5.26 Å². The summed E-state index contributed by atoms with van der Waals surface area (Å²) in [5.74, 6) is 0.569. The molecule has 0 atom stereocenters. The SMILES string of the molecule is Cc1c(Oc2cccc(C#N)n2)cccc1[N+](=O)[O-]. The molecule has 1 aromatic carbocycles. The summed E-state index contributed by atoms with van der Waals surface area (Å²) in [4.78, 5) is 14.3. The number of rotatable bonds is 3. The van der Waals surface area contributed by atoms with Crippen LogP contribution >= 0.6 is 0 Å². The van der Waals surface area contributed by atoms with E-state index >= 15 is 0 Å². The van der Waals surface area contributed by atoms with Gasteiger partial charge < -0.3 is 4.74 Å². The number of nitro benzene ring substituents is 1. The van der Waals surface area contributed by atoms with Crippen LogP contribution in [0, 0.1) is 28.4 Å². The molecule has 0 spiro atoms. The van der Waals surface area contributed by atoms with E-state index in [1.165, 1.54) is 12.1 Å². The number of nitriles is 1. The maximum absolute atomic E-state index is 10.8. The van der Waals surface area contributed by atoms with Gasteiger partial charge in [-0.05, 0) is 19.1 Å². The van der Waals surface area contributed by atoms with Crippen LogP contribution in [0.2, 0.25) is 0 Å². The lowest BCUT2D eigenvalue weighted by molar-refractivity contribution is -0.385. The first-order valence-corrected chi connectivity index (χ1v) is 5.41. The molecular formula is C13H9N3O3. The minimum Gasteiger partial charge on any atom is -0.438 e. The molecule has 6 nitrogen and oxygen atoms in total. The quantitative estimate of drug-likeness (QED) is 0.621. The highest BCUT2D eigenvalue weighted by atomic mass is 16.6. The fourth-order valence-corrected chi connectivity index (χ4v) is 1.56. The van der Waals surface area contributed by atoms with Crippen molar-refractivity contribution >= 4 is 5.69 Å². The van der Waals surface area contributed by atoms with Crippen molar-refractivity contribution in [3.8, 4) is 17.7 Å². The average Bonchev–Trinajstić information content (AvgIpc) is 2.41. The van der Waals surface area contributed by atoms with Crippen molar-refractivity contribution in [1.82, 2.24) is 4.98 Å². The molecule has 0 bridgehead atoms. The number of ether oxygens (including phenoxy) is 1. The number of nitrogens with zero attached hydrogens (tertiary/aromatic N) is 3. The van der Waals surface area contributed by atoms with Gasteiger partial charge in [0.15, 0.2) is 0 Å². The number of hydrogen-bond acceptors (Lipinski definition) is 5. The third-order valence-electron chi connectivity index (χ3n) is 2.50. The van der Waals surface area contributed by atoms with Gasteiger partial charge in [-0.25, -0.2) is 4.98 Å². The Kier molecular flexibility index (Phi) is 3.39. The predicted molar refractivity (Wildman–Crippen MR) is 66.9 cm³/mol. The van der Waals surface area contributed by atoms with Crippen molar-refractivity contribution in [2.45, 2.75) is 6.92 Å². The van der Waals surface area contributed by atoms with Gasteiger partial charge in [0.25, 0.3) is 5.69 Å². The van der Waals surface area contributed by atoms with Crippen LogP contribution in [-0.2, 0) is 0 Å². The Balaban J connectivity index is 2.36. The Morgan fingerprint density at radius 3 is 2.74 bits per heavy atom. The Bertz CT molecular complexity index is 677. The zero-order valence-electron chi connectivity index (χ0n) is 10.0. The third kappa shape index (κ3) is 2.66. The minimum absolute atomic E-state index is 0.0195. The number of nitro groups is 1. The fourth-order valence-electron chi connectivity index (χ4n) is 1.56. The summed E-state index contributed by atoms with van der Waals surface area (Å²) in [5.41, 5.74) is 0.617. The van der Waals surface area contributed by atoms with Crippen molar-refractivity contribution in [2.75, 3.05) is 0 Å². The number of pyridine rings is 1. The smallest absolute Gasteiger partial charge is 0.276 e. The van der Waals surface area contributed by atoms with Gasteiger partial charge >= 0.3 is 0 Å². The first-order chi connectivity index (χ1) is 9.11. The van der Waals surface area contributed by atoms with Gasteiger partial charge in [0.1, 0.15) is 17.5 Å². The number of hydrogen-bond donors (Lipinski definition) is 0. The highest BCUT2D eigenvalue weighted by Crippen LogP contribution is 2.30. The van der Waals surface area contributed by atoms with Crippen LogP contribution in [0.5, 0.6) is 11.6 Å². The second kappa shape index (κ2) is 5.14. The molecule has 0 fully saturated rings. The lowest BCUT2D eigenvalue weighted by Gasteiger charge is -2.07. The van der Waals surface area contributed by atoms with Crippen molar-refractivity contribution in [2.24, 2.45) is 0 Å². The molecule has 0 amide bonds. The van der Waals surface area contributed by atoms with E-state index in [0.717, 1.165) is 0 Å². The molecule has 94 valence electrons. The molecule has 0 aliphatic rings. The van der Waals surface area contributed by atoms with E-state index in [9.17, 15) is 10.1 Å². The Hall–Kier alpha value is -2.94. The highest BCUT2D eigenvalue weighted by Gasteiger charge is 2.14. The third-order valence-corrected chi connectivity index (χ3v) is 2.50. The van der Waals surface area contributed by atoms with Gasteiger partial charge in [-0.15, -0.1) is 0 Å². The maximum Gasteiger partial charge on any atom is 0.276 e. The van der Waals surface area contributed by atoms with Crippen LogP contribution in [0.4, 0.5) is 5.69 Å². The van der Waals surface area contributed by atoms with Gasteiger partial charge in [0, 0.05) is 12.1 Å². The van der Waals surface area contributed by atoms with Gasteiger partial charge in [0.05, 0.1) is 10.5 Å². The molecule has 0 aliphatic carbocycles. The van der Waals surface area contributed by atoms with E-state index in [-0.39, 0.29) is 17.3 Å². The van der Waals surface area contributed by atoms with E-state index in [1.807, 2.05) is 6.07 Å². The molecule has 2 rings (SSSR count). The summed E-state index contributed by atoms with van der Waals surface area (Å²) in [6, 6.07) is 11.2. The summed E-state index contributed by atoms with van der Waals surface area (Å²) in [6.45, 7) is 1.60. The Labute approximate surface area is 109 Å². The van der Waals surface area contributed by atoms with Gasteiger partial charge in [-0.1, -0.05) is 12.1 Å². The first kappa shape index (κ1) is 12.5. The average molecular weight is 255 g/mol. The molecule has 0 saturated carbocycles. The fraction of sp³-hybridized carbons (Fsp3) is 0.0769. The summed E-state index contributed by atoms with van der Waals surface area (Å²) < 4.78 is 5.48. The molecule has 0 unspecified atom stereocenters. The van der Waals surface area contributed by atoms with E-state index in [0.29, 0.717) is 11.3 Å². The zero-order chi connectivity index (χ0) is 13.8. The second-order valence-electron chi connectivity index (χ2n) is 3.73. The molecule has 6 heteroatoms. The number of aromatic nitrogens is 1. The summed E-state index contributed by atoms with van der Waals surface area (Å²) in [5, 5.41) is 19.6. The van der Waals surface area contributed by atoms with Crippen LogP contribution in [0.1, 0.15) is 11.3 Å². The summed E-state index contributed by atoms with van der Waals surface area (Å²) >= 11 is 0. The van der Waals surface area contributed by atoms with E-state index in [4.69, 9.17) is 10.00 Å². The maximum atomic E-state index is 10.8. The molecule has 2 aromatic rings. The molecule has 1 aromatic heterocycles. The number of benzene rings is 1. The second-order valence-corrected chi connectivity index (χ2v) is 3.73. The zero-order valence-corrected chi connectivity index (χ0v) is 10.0. The predicted octanol–water partition coefficient (Wildman–Crippen LogP) is 2.96. The molecule has 0 radical (unpaired) electrons. The molecule has 0 aliphatic heterocycles. The lowest BCUT2D eigenvalue weighted by Crippen LogP contribution is -1.96. The summed E-state index contributed by atoms with van der Waals surface area (Å²) in [6.07, 6.45) is 0. The Morgan fingerprint density at radius 1 is 1.32 bits per heavy atom. The lowest BCUT2D eigenvalue weighted by atomic mass is 10.2. The molecule has 1 heterocycles. The normalized spacial score (nSPS) is 9.68. The van der Waals surface area contributed by atoms with E-state index in [1.54, 1.807) is 31.2 Å². The first-order valence-electron chi connectivity index (χ1n) is 5.41. The van der Waals surface area contributed by atoms with Crippen molar-refractivity contribution in [3.63, 3.8) is 0 Å². The van der Waals surface area contributed by atoms with Crippen LogP contribution < -0.4 is 4.74 Å². The van der Waals surface area contributed by atoms with Gasteiger partial charge in [0.2, 0.25) is 5.88 Å². The van der Waals surface area contributed by atoms with Gasteiger partial charge in [-0.2, -0.15) is 5.26 Å². The van der Waals surface area contributed by atoms with E-state index < -0.39 is 4.92 Å². The Morgan fingerprint density at radius 2 is 2.05 bits per heavy atom. The molecule has 0 N–H and O–H groups in total. The monoisotopic (exact) mass is 255 g/mol. The van der Waals surface area contributed by atoms with Gasteiger partial charge in [-0.3, -0.25) is 10.1 Å².